The molecule has 8 heteroatoms. The van der Waals surface area contributed by atoms with Crippen molar-refractivity contribution in [2.24, 2.45) is 0 Å². The van der Waals surface area contributed by atoms with E-state index in [4.69, 9.17) is 16.7 Å². The van der Waals surface area contributed by atoms with Crippen molar-refractivity contribution in [3.8, 4) is 5.75 Å². The number of phenolic OH excluding ortho intramolecular Hbond substituents is 1. The molecule has 0 aliphatic heterocycles. The first-order valence-corrected chi connectivity index (χ1v) is 7.70. The van der Waals surface area contributed by atoms with Crippen LogP contribution in [-0.4, -0.2) is 17.0 Å². The van der Waals surface area contributed by atoms with Crippen LogP contribution in [0.5, 0.6) is 5.75 Å². The zero-order chi connectivity index (χ0) is 16.8. The number of aromatic hydroxyl groups is 1. The number of amides is 3. The number of benzene rings is 2. The second-order valence-corrected chi connectivity index (χ2v) is 5.92. The summed E-state index contributed by atoms with van der Waals surface area (Å²) in [5.74, 6) is -0.272. The van der Waals surface area contributed by atoms with E-state index in [1.54, 1.807) is 30.3 Å². The Morgan fingerprint density at radius 1 is 1.09 bits per heavy atom. The third-order valence-electron chi connectivity index (χ3n) is 2.80. The predicted molar refractivity (Wildman–Crippen MR) is 91.3 cm³/mol. The average molecular weight is 399 g/mol. The molecule has 4 N–H and O–H groups in total. The number of urea groups is 1. The fraction of sp³-hybridized carbons (Fsp3) is 0.0667. The van der Waals surface area contributed by atoms with Crippen LogP contribution in [0, 0.1) is 0 Å². The molecule has 0 heterocycles. The van der Waals surface area contributed by atoms with E-state index >= 15 is 0 Å². The molecule has 0 saturated carbocycles. The third kappa shape index (κ3) is 5.46. The van der Waals surface area contributed by atoms with Crippen molar-refractivity contribution in [3.05, 3.63) is 57.5 Å². The highest BCUT2D eigenvalue weighted by atomic mass is 79.9. The molecule has 0 aliphatic rings. The van der Waals surface area contributed by atoms with E-state index in [2.05, 4.69) is 32.1 Å². The van der Waals surface area contributed by atoms with Crippen molar-refractivity contribution >= 4 is 45.2 Å². The van der Waals surface area contributed by atoms with Crippen molar-refractivity contribution in [2.75, 3.05) is 5.32 Å². The fourth-order valence-corrected chi connectivity index (χ4v) is 2.43. The molecule has 120 valence electrons. The summed E-state index contributed by atoms with van der Waals surface area (Å²) < 4.78 is 0.788. The van der Waals surface area contributed by atoms with E-state index < -0.39 is 11.9 Å². The molecule has 0 fully saturated rings. The number of hydrazine groups is 1. The summed E-state index contributed by atoms with van der Waals surface area (Å²) in [4.78, 5) is 23.4. The first kappa shape index (κ1) is 17.1. The number of hydrogen-bond acceptors (Lipinski definition) is 3. The molecule has 0 aliphatic carbocycles. The lowest BCUT2D eigenvalue weighted by Gasteiger charge is -2.10. The lowest BCUT2D eigenvalue weighted by atomic mass is 10.1. The number of carbonyl (C=O) groups is 2. The van der Waals surface area contributed by atoms with Crippen LogP contribution in [0.1, 0.15) is 5.56 Å². The number of halogens is 2. The van der Waals surface area contributed by atoms with Crippen molar-refractivity contribution in [3.63, 3.8) is 0 Å². The minimum absolute atomic E-state index is 0.0690. The SMILES string of the molecule is O=C(Cc1ccc(O)cc1)NNC(=O)Nc1ccc(Br)cc1Cl. The number of nitrogens with one attached hydrogen (secondary N) is 3. The standard InChI is InChI=1S/C15H13BrClN3O3/c16-10-3-6-13(12(17)8-10)18-15(23)20-19-14(22)7-9-1-4-11(21)5-2-9/h1-6,8,21H,7H2,(H,19,22)(H2,18,20,23). The van der Waals surface area contributed by atoms with Gasteiger partial charge in [-0.15, -0.1) is 0 Å². The van der Waals surface area contributed by atoms with E-state index in [-0.39, 0.29) is 12.2 Å². The summed E-state index contributed by atoms with van der Waals surface area (Å²) in [7, 11) is 0. The maximum Gasteiger partial charge on any atom is 0.337 e. The molecule has 3 amide bonds. The second kappa shape index (κ2) is 7.85. The zero-order valence-electron chi connectivity index (χ0n) is 11.8. The van der Waals surface area contributed by atoms with Crippen LogP contribution in [0.25, 0.3) is 0 Å². The topological polar surface area (TPSA) is 90.5 Å². The molecule has 23 heavy (non-hydrogen) atoms. The molecule has 0 aromatic heterocycles. The van der Waals surface area contributed by atoms with Crippen molar-refractivity contribution in [1.29, 1.82) is 0 Å². The van der Waals surface area contributed by atoms with Gasteiger partial charge in [0.2, 0.25) is 5.91 Å². The van der Waals surface area contributed by atoms with Crippen molar-refractivity contribution in [2.45, 2.75) is 6.42 Å². The van der Waals surface area contributed by atoms with Crippen LogP contribution in [-0.2, 0) is 11.2 Å². The number of rotatable bonds is 3. The van der Waals surface area contributed by atoms with Crippen molar-refractivity contribution in [1.82, 2.24) is 10.9 Å². The van der Waals surface area contributed by atoms with Gasteiger partial charge >= 0.3 is 6.03 Å². The molecule has 6 nitrogen and oxygen atoms in total. The van der Waals surface area contributed by atoms with Crippen LogP contribution < -0.4 is 16.2 Å². The number of carbonyl (C=O) groups excluding carboxylic acids is 2. The minimum Gasteiger partial charge on any atom is -0.508 e. The van der Waals surface area contributed by atoms with Gasteiger partial charge in [0.05, 0.1) is 17.1 Å². The zero-order valence-corrected chi connectivity index (χ0v) is 14.1. The molecule has 2 aromatic carbocycles. The van der Waals surface area contributed by atoms with E-state index in [0.29, 0.717) is 16.3 Å². The van der Waals surface area contributed by atoms with Crippen LogP contribution >= 0.6 is 27.5 Å². The van der Waals surface area contributed by atoms with E-state index in [0.717, 1.165) is 4.47 Å². The molecule has 0 atom stereocenters. The Morgan fingerprint density at radius 2 is 1.78 bits per heavy atom. The van der Waals surface area contributed by atoms with Gasteiger partial charge in [0.15, 0.2) is 0 Å². The summed E-state index contributed by atoms with van der Waals surface area (Å²) in [5.41, 5.74) is 5.64. The highest BCUT2D eigenvalue weighted by Gasteiger charge is 2.08. The average Bonchev–Trinajstić information content (AvgIpc) is 2.50. The number of anilines is 1. The lowest BCUT2D eigenvalue weighted by Crippen LogP contribution is -2.44. The Bertz CT molecular complexity index is 722. The molecule has 0 unspecified atom stereocenters. The van der Waals surface area contributed by atoms with E-state index in [1.165, 1.54) is 12.1 Å². The van der Waals surface area contributed by atoms with Gasteiger partial charge in [0.1, 0.15) is 5.75 Å². The first-order valence-electron chi connectivity index (χ1n) is 6.53. The van der Waals surface area contributed by atoms with Crippen LogP contribution in [0.3, 0.4) is 0 Å². The maximum absolute atomic E-state index is 11.7. The molecule has 2 rings (SSSR count). The molecular weight excluding hydrogens is 386 g/mol. The van der Waals surface area contributed by atoms with Gasteiger partial charge in [-0.05, 0) is 35.9 Å². The highest BCUT2D eigenvalue weighted by Crippen LogP contribution is 2.25. The summed E-state index contributed by atoms with van der Waals surface area (Å²) in [6.45, 7) is 0. The van der Waals surface area contributed by atoms with Gasteiger partial charge in [0, 0.05) is 4.47 Å². The second-order valence-electron chi connectivity index (χ2n) is 4.59. The number of hydrogen-bond donors (Lipinski definition) is 4. The first-order chi connectivity index (χ1) is 10.9. The Hall–Kier alpha value is -2.25. The Kier molecular flexibility index (Phi) is 5.84. The van der Waals surface area contributed by atoms with Gasteiger partial charge in [-0.25, -0.2) is 10.2 Å². The smallest absolute Gasteiger partial charge is 0.337 e. The Morgan fingerprint density at radius 3 is 2.43 bits per heavy atom. The van der Waals surface area contributed by atoms with E-state index in [1.807, 2.05) is 0 Å². The van der Waals surface area contributed by atoms with E-state index in [9.17, 15) is 9.59 Å². The fourth-order valence-electron chi connectivity index (χ4n) is 1.71. The normalized spacial score (nSPS) is 10.0. The largest absolute Gasteiger partial charge is 0.508 e. The Labute approximate surface area is 145 Å². The molecule has 0 radical (unpaired) electrons. The third-order valence-corrected chi connectivity index (χ3v) is 3.60. The van der Waals surface area contributed by atoms with Crippen molar-refractivity contribution < 1.29 is 14.7 Å². The summed E-state index contributed by atoms with van der Waals surface area (Å²) in [6.07, 6.45) is 0.0690. The quantitative estimate of drug-likeness (QED) is 0.599. The Balaban J connectivity index is 1.81. The van der Waals surface area contributed by atoms with Gasteiger partial charge in [-0.3, -0.25) is 10.2 Å². The van der Waals surface area contributed by atoms with Gasteiger partial charge in [-0.2, -0.15) is 0 Å². The molecule has 0 saturated heterocycles. The summed E-state index contributed by atoms with van der Waals surface area (Å²) in [5, 5.41) is 12.0. The minimum atomic E-state index is -0.617. The van der Waals surface area contributed by atoms with Gasteiger partial charge in [-0.1, -0.05) is 39.7 Å². The summed E-state index contributed by atoms with van der Waals surface area (Å²) in [6, 6.07) is 10.6. The van der Waals surface area contributed by atoms with Gasteiger partial charge < -0.3 is 10.4 Å². The highest BCUT2D eigenvalue weighted by molar-refractivity contribution is 9.10. The molecule has 0 spiro atoms. The lowest BCUT2D eigenvalue weighted by molar-refractivity contribution is -0.121. The van der Waals surface area contributed by atoms with Crippen LogP contribution in [0.2, 0.25) is 5.02 Å². The monoisotopic (exact) mass is 397 g/mol. The van der Waals surface area contributed by atoms with Crippen LogP contribution in [0.4, 0.5) is 10.5 Å². The molecular formula is C15H13BrClN3O3. The van der Waals surface area contributed by atoms with Crippen LogP contribution in [0.15, 0.2) is 46.9 Å². The molecule has 0 bridgehead atoms. The van der Waals surface area contributed by atoms with Gasteiger partial charge in [0.25, 0.3) is 0 Å². The maximum atomic E-state index is 11.7. The predicted octanol–water partition coefficient (Wildman–Crippen LogP) is 3.20. The summed E-state index contributed by atoms with van der Waals surface area (Å²) >= 11 is 9.24. The number of phenols is 1. The molecule has 2 aromatic rings.